The summed E-state index contributed by atoms with van der Waals surface area (Å²) in [7, 11) is 1.36. The van der Waals surface area contributed by atoms with Gasteiger partial charge in [0.05, 0.1) is 12.0 Å². The third kappa shape index (κ3) is 3.59. The van der Waals surface area contributed by atoms with Gasteiger partial charge >= 0.3 is 6.09 Å². The number of rotatable bonds is 3. The Morgan fingerprint density at radius 1 is 1.55 bits per heavy atom. The fourth-order valence-electron chi connectivity index (χ4n) is 2.69. The van der Waals surface area contributed by atoms with Crippen molar-refractivity contribution in [2.45, 2.75) is 31.8 Å². The van der Waals surface area contributed by atoms with E-state index in [2.05, 4.69) is 5.32 Å². The second kappa shape index (κ2) is 6.83. The highest BCUT2D eigenvalue weighted by Crippen LogP contribution is 2.30. The molecule has 1 N–H and O–H groups in total. The van der Waals surface area contributed by atoms with Gasteiger partial charge in [0.1, 0.15) is 5.69 Å². The number of piperidine rings is 1. The lowest BCUT2D eigenvalue weighted by Crippen LogP contribution is -2.47. The van der Waals surface area contributed by atoms with Crippen LogP contribution in [0.4, 0.5) is 16.2 Å². The number of methoxy groups -OCH3 is 1. The fourth-order valence-corrected chi connectivity index (χ4v) is 2.86. The van der Waals surface area contributed by atoms with Crippen molar-refractivity contribution in [3.8, 4) is 0 Å². The van der Waals surface area contributed by atoms with Gasteiger partial charge in [0, 0.05) is 29.7 Å². The molecule has 2 unspecified atom stereocenters. The second-order valence-electron chi connectivity index (χ2n) is 5.30. The number of anilines is 1. The fraction of sp³-hybridized carbons (Fsp3) is 0.500. The van der Waals surface area contributed by atoms with Crippen LogP contribution in [-0.4, -0.2) is 41.7 Å². The van der Waals surface area contributed by atoms with Crippen LogP contribution in [0, 0.1) is 10.1 Å². The van der Waals surface area contributed by atoms with Crippen LogP contribution < -0.4 is 5.32 Å². The summed E-state index contributed by atoms with van der Waals surface area (Å²) < 4.78 is 4.74. The van der Waals surface area contributed by atoms with Gasteiger partial charge in [0.25, 0.3) is 5.69 Å². The molecule has 8 heteroatoms. The Bertz CT molecular complexity index is 581. The molecule has 1 aliphatic heterocycles. The number of carbonyl (C=O) groups excluding carboxylic acids is 1. The van der Waals surface area contributed by atoms with E-state index in [1.807, 2.05) is 6.92 Å². The summed E-state index contributed by atoms with van der Waals surface area (Å²) in [5.74, 6) is 0. The highest BCUT2D eigenvalue weighted by Gasteiger charge is 2.30. The van der Waals surface area contributed by atoms with E-state index in [4.69, 9.17) is 16.3 Å². The monoisotopic (exact) mass is 327 g/mol. The molecule has 1 aromatic rings. The summed E-state index contributed by atoms with van der Waals surface area (Å²) in [4.78, 5) is 23.9. The van der Waals surface area contributed by atoms with E-state index < -0.39 is 4.92 Å². The van der Waals surface area contributed by atoms with E-state index in [0.717, 1.165) is 0 Å². The van der Waals surface area contributed by atoms with Crippen molar-refractivity contribution >= 4 is 29.1 Å². The van der Waals surface area contributed by atoms with Gasteiger partial charge < -0.3 is 15.0 Å². The van der Waals surface area contributed by atoms with Crippen LogP contribution in [0.1, 0.15) is 19.8 Å². The van der Waals surface area contributed by atoms with Crippen molar-refractivity contribution in [3.63, 3.8) is 0 Å². The molecule has 0 spiro atoms. The minimum Gasteiger partial charge on any atom is -0.453 e. The Balaban J connectivity index is 2.07. The minimum absolute atomic E-state index is 0.00468. The molecule has 1 aliphatic rings. The molecule has 2 atom stereocenters. The number of likely N-dealkylation sites (tertiary alicyclic amines) is 1. The molecular weight excluding hydrogens is 310 g/mol. The maximum Gasteiger partial charge on any atom is 0.409 e. The predicted octanol–water partition coefficient (Wildman–Crippen LogP) is 3.28. The molecule has 1 aromatic carbocycles. The van der Waals surface area contributed by atoms with Crippen LogP contribution in [0.25, 0.3) is 0 Å². The number of nitrogens with one attached hydrogen (secondary N) is 1. The molecule has 22 heavy (non-hydrogen) atoms. The van der Waals surface area contributed by atoms with E-state index in [1.54, 1.807) is 17.0 Å². The number of ether oxygens (including phenoxy) is 1. The average molecular weight is 328 g/mol. The molecule has 0 radical (unpaired) electrons. The first-order chi connectivity index (χ1) is 10.4. The van der Waals surface area contributed by atoms with Crippen LogP contribution in [-0.2, 0) is 4.74 Å². The van der Waals surface area contributed by atoms with E-state index >= 15 is 0 Å². The molecule has 0 aromatic heterocycles. The number of hydrogen-bond acceptors (Lipinski definition) is 5. The smallest absolute Gasteiger partial charge is 0.409 e. The van der Waals surface area contributed by atoms with E-state index in [9.17, 15) is 14.9 Å². The van der Waals surface area contributed by atoms with Crippen LogP contribution in [0.15, 0.2) is 18.2 Å². The molecule has 1 saturated heterocycles. The van der Waals surface area contributed by atoms with Gasteiger partial charge in [0.2, 0.25) is 0 Å². The SMILES string of the molecule is COC(=O)N1CCC(Nc2ccc(Cl)cc2[N+](=O)[O-])CC1C. The molecule has 0 bridgehead atoms. The van der Waals surface area contributed by atoms with Gasteiger partial charge in [-0.3, -0.25) is 10.1 Å². The van der Waals surface area contributed by atoms with Gasteiger partial charge in [-0.1, -0.05) is 11.6 Å². The summed E-state index contributed by atoms with van der Waals surface area (Å²) >= 11 is 5.81. The topological polar surface area (TPSA) is 84.7 Å². The van der Waals surface area contributed by atoms with Gasteiger partial charge in [-0.25, -0.2) is 4.79 Å². The van der Waals surface area contributed by atoms with Crippen molar-refractivity contribution < 1.29 is 14.5 Å². The first-order valence-corrected chi connectivity index (χ1v) is 7.35. The predicted molar refractivity (Wildman–Crippen MR) is 83.3 cm³/mol. The highest BCUT2D eigenvalue weighted by molar-refractivity contribution is 6.30. The number of benzene rings is 1. The number of hydrogen-bond donors (Lipinski definition) is 1. The van der Waals surface area contributed by atoms with E-state index in [-0.39, 0.29) is 23.9 Å². The molecule has 1 amide bonds. The van der Waals surface area contributed by atoms with Crippen LogP contribution in [0.5, 0.6) is 0 Å². The Labute approximate surface area is 133 Å². The minimum atomic E-state index is -0.457. The molecule has 1 heterocycles. The zero-order chi connectivity index (χ0) is 16.3. The van der Waals surface area contributed by atoms with Crippen LogP contribution >= 0.6 is 11.6 Å². The van der Waals surface area contributed by atoms with Crippen molar-refractivity contribution in [2.24, 2.45) is 0 Å². The number of carbonyl (C=O) groups is 1. The summed E-state index contributed by atoms with van der Waals surface area (Å²) in [6.07, 6.45) is 1.04. The van der Waals surface area contributed by atoms with E-state index in [1.165, 1.54) is 13.2 Å². The Morgan fingerprint density at radius 3 is 2.86 bits per heavy atom. The van der Waals surface area contributed by atoms with Crippen molar-refractivity contribution in [1.82, 2.24) is 4.90 Å². The zero-order valence-electron chi connectivity index (χ0n) is 12.4. The number of nitro groups is 1. The molecule has 0 saturated carbocycles. The van der Waals surface area contributed by atoms with Crippen LogP contribution in [0.3, 0.4) is 0 Å². The average Bonchev–Trinajstić information content (AvgIpc) is 2.48. The summed E-state index contributed by atoms with van der Waals surface area (Å²) in [5, 5.41) is 14.6. The molecular formula is C14H18ClN3O4. The Morgan fingerprint density at radius 2 is 2.27 bits per heavy atom. The summed E-state index contributed by atoms with van der Waals surface area (Å²) in [5.41, 5.74) is 0.397. The third-order valence-electron chi connectivity index (χ3n) is 3.80. The van der Waals surface area contributed by atoms with Crippen molar-refractivity contribution in [3.05, 3.63) is 33.3 Å². The molecule has 120 valence electrons. The first-order valence-electron chi connectivity index (χ1n) is 6.97. The van der Waals surface area contributed by atoms with Gasteiger partial charge in [-0.2, -0.15) is 0 Å². The number of halogens is 1. The maximum atomic E-state index is 11.6. The summed E-state index contributed by atoms with van der Waals surface area (Å²) in [6, 6.07) is 4.61. The largest absolute Gasteiger partial charge is 0.453 e. The number of nitrogens with zero attached hydrogens (tertiary/aromatic N) is 2. The number of amides is 1. The molecule has 1 fully saturated rings. The van der Waals surface area contributed by atoms with Gasteiger partial charge in [-0.05, 0) is 31.9 Å². The van der Waals surface area contributed by atoms with Crippen molar-refractivity contribution in [2.75, 3.05) is 19.0 Å². The van der Waals surface area contributed by atoms with Crippen molar-refractivity contribution in [1.29, 1.82) is 0 Å². The number of nitro benzene ring substituents is 1. The molecule has 7 nitrogen and oxygen atoms in total. The molecule has 2 rings (SSSR count). The lowest BCUT2D eigenvalue weighted by molar-refractivity contribution is -0.384. The standard InChI is InChI=1S/C14H18ClN3O4/c1-9-7-11(5-6-17(9)14(19)22-2)16-12-4-3-10(15)8-13(12)18(20)21/h3-4,8-9,11,16H,5-7H2,1-2H3. The Kier molecular flexibility index (Phi) is 5.07. The van der Waals surface area contributed by atoms with E-state index in [0.29, 0.717) is 30.1 Å². The zero-order valence-corrected chi connectivity index (χ0v) is 13.2. The maximum absolute atomic E-state index is 11.6. The highest BCUT2D eigenvalue weighted by atomic mass is 35.5. The first kappa shape index (κ1) is 16.4. The second-order valence-corrected chi connectivity index (χ2v) is 5.73. The molecule has 0 aliphatic carbocycles. The van der Waals surface area contributed by atoms with Gasteiger partial charge in [-0.15, -0.1) is 0 Å². The van der Waals surface area contributed by atoms with Gasteiger partial charge in [0.15, 0.2) is 0 Å². The quantitative estimate of drug-likeness (QED) is 0.680. The lowest BCUT2D eigenvalue weighted by Gasteiger charge is -2.37. The Hall–Kier alpha value is -2.02. The summed E-state index contributed by atoms with van der Waals surface area (Å²) in [6.45, 7) is 2.48. The lowest BCUT2D eigenvalue weighted by atomic mass is 9.98. The normalized spacial score (nSPS) is 21.3. The van der Waals surface area contributed by atoms with Crippen LogP contribution in [0.2, 0.25) is 5.02 Å². The third-order valence-corrected chi connectivity index (χ3v) is 4.04.